The molecule has 0 aliphatic carbocycles. The lowest BCUT2D eigenvalue weighted by molar-refractivity contribution is -0.152. The minimum absolute atomic E-state index is 0.120. The van der Waals surface area contributed by atoms with Gasteiger partial charge in [0.1, 0.15) is 5.82 Å². The van der Waals surface area contributed by atoms with Crippen molar-refractivity contribution in [3.63, 3.8) is 0 Å². The average Bonchev–Trinajstić information content (AvgIpc) is 2.24. The van der Waals surface area contributed by atoms with Crippen molar-refractivity contribution in [3.05, 3.63) is 29.6 Å². The van der Waals surface area contributed by atoms with Gasteiger partial charge in [0.05, 0.1) is 6.61 Å². The standard InChI is InChI=1S/C11H12FNO3/c1-3-16-11(15)10(14)13-8-5-4-7(2)9(12)6-8/h4-6H,3H2,1-2H3,(H,13,14). The van der Waals surface area contributed by atoms with Gasteiger partial charge in [0.2, 0.25) is 0 Å². The van der Waals surface area contributed by atoms with Gasteiger partial charge in [0, 0.05) is 5.69 Å². The number of nitrogens with one attached hydrogen (secondary N) is 1. The van der Waals surface area contributed by atoms with Crippen molar-refractivity contribution >= 4 is 17.6 Å². The van der Waals surface area contributed by atoms with Gasteiger partial charge in [-0.3, -0.25) is 4.79 Å². The maximum atomic E-state index is 13.1. The molecule has 4 nitrogen and oxygen atoms in total. The van der Waals surface area contributed by atoms with Crippen LogP contribution in [0.25, 0.3) is 0 Å². The summed E-state index contributed by atoms with van der Waals surface area (Å²) in [5.41, 5.74) is 0.690. The monoisotopic (exact) mass is 225 g/mol. The van der Waals surface area contributed by atoms with Crippen molar-refractivity contribution in [2.75, 3.05) is 11.9 Å². The fraction of sp³-hybridized carbons (Fsp3) is 0.273. The van der Waals surface area contributed by atoms with E-state index < -0.39 is 17.7 Å². The van der Waals surface area contributed by atoms with Crippen LogP contribution >= 0.6 is 0 Å². The number of aryl methyl sites for hydroxylation is 1. The minimum Gasteiger partial charge on any atom is -0.459 e. The second kappa shape index (κ2) is 5.25. The zero-order valence-corrected chi connectivity index (χ0v) is 9.04. The topological polar surface area (TPSA) is 55.4 Å². The molecule has 0 saturated heterocycles. The van der Waals surface area contributed by atoms with E-state index in [2.05, 4.69) is 10.1 Å². The van der Waals surface area contributed by atoms with E-state index in [1.807, 2.05) is 0 Å². The number of benzene rings is 1. The van der Waals surface area contributed by atoms with Crippen LogP contribution in [0.3, 0.4) is 0 Å². The summed E-state index contributed by atoms with van der Waals surface area (Å²) < 4.78 is 17.6. The Hall–Kier alpha value is -1.91. The number of anilines is 1. The molecule has 1 aromatic carbocycles. The molecule has 1 aromatic rings. The lowest BCUT2D eigenvalue weighted by Gasteiger charge is -2.05. The largest absolute Gasteiger partial charge is 0.459 e. The number of hydrogen-bond acceptors (Lipinski definition) is 3. The molecule has 0 aromatic heterocycles. The summed E-state index contributed by atoms with van der Waals surface area (Å²) in [5, 5.41) is 2.24. The molecule has 0 unspecified atom stereocenters. The average molecular weight is 225 g/mol. The van der Waals surface area contributed by atoms with Gasteiger partial charge in [0.15, 0.2) is 0 Å². The highest BCUT2D eigenvalue weighted by Crippen LogP contribution is 2.13. The van der Waals surface area contributed by atoms with Gasteiger partial charge >= 0.3 is 11.9 Å². The molecule has 1 rings (SSSR count). The summed E-state index contributed by atoms with van der Waals surface area (Å²) >= 11 is 0. The summed E-state index contributed by atoms with van der Waals surface area (Å²) in [7, 11) is 0. The number of hydrogen-bond donors (Lipinski definition) is 1. The zero-order chi connectivity index (χ0) is 12.1. The van der Waals surface area contributed by atoms with Crippen molar-refractivity contribution in [2.45, 2.75) is 13.8 Å². The number of halogens is 1. The Balaban J connectivity index is 2.70. The molecule has 5 heteroatoms. The van der Waals surface area contributed by atoms with E-state index in [0.29, 0.717) is 5.56 Å². The van der Waals surface area contributed by atoms with Gasteiger partial charge in [-0.1, -0.05) is 6.07 Å². The van der Waals surface area contributed by atoms with Gasteiger partial charge < -0.3 is 10.1 Å². The van der Waals surface area contributed by atoms with Crippen LogP contribution in [-0.4, -0.2) is 18.5 Å². The third kappa shape index (κ3) is 3.05. The van der Waals surface area contributed by atoms with Crippen LogP contribution in [0.15, 0.2) is 18.2 Å². The van der Waals surface area contributed by atoms with Crippen molar-refractivity contribution in [2.24, 2.45) is 0 Å². The Morgan fingerprint density at radius 3 is 2.69 bits per heavy atom. The van der Waals surface area contributed by atoms with Crippen molar-refractivity contribution in [1.82, 2.24) is 0 Å². The number of esters is 1. The van der Waals surface area contributed by atoms with Crippen molar-refractivity contribution < 1.29 is 18.7 Å². The molecule has 0 saturated carbocycles. The van der Waals surface area contributed by atoms with Gasteiger partial charge in [-0.2, -0.15) is 0 Å². The van der Waals surface area contributed by atoms with E-state index in [1.54, 1.807) is 13.8 Å². The number of rotatable bonds is 2. The van der Waals surface area contributed by atoms with Crippen LogP contribution in [0.4, 0.5) is 10.1 Å². The number of carbonyl (C=O) groups excluding carboxylic acids is 2. The van der Waals surface area contributed by atoms with E-state index in [0.717, 1.165) is 6.07 Å². The molecular formula is C11H12FNO3. The van der Waals surface area contributed by atoms with Crippen LogP contribution in [0, 0.1) is 12.7 Å². The van der Waals surface area contributed by atoms with Crippen LogP contribution < -0.4 is 5.32 Å². The van der Waals surface area contributed by atoms with Gasteiger partial charge in [0.25, 0.3) is 0 Å². The maximum absolute atomic E-state index is 13.1. The fourth-order valence-corrected chi connectivity index (χ4v) is 1.05. The molecular weight excluding hydrogens is 213 g/mol. The van der Waals surface area contributed by atoms with E-state index in [9.17, 15) is 14.0 Å². The Morgan fingerprint density at radius 2 is 2.12 bits per heavy atom. The summed E-state index contributed by atoms with van der Waals surface area (Å²) in [4.78, 5) is 22.2. The molecule has 0 atom stereocenters. The predicted octanol–water partition coefficient (Wildman–Crippen LogP) is 1.64. The SMILES string of the molecule is CCOC(=O)C(=O)Nc1ccc(C)c(F)c1. The Kier molecular flexibility index (Phi) is 3.99. The van der Waals surface area contributed by atoms with Gasteiger partial charge in [-0.05, 0) is 31.5 Å². The first kappa shape index (κ1) is 12.2. The normalized spacial score (nSPS) is 9.69. The molecule has 0 bridgehead atoms. The third-order valence-electron chi connectivity index (χ3n) is 1.89. The molecule has 86 valence electrons. The van der Waals surface area contributed by atoms with Gasteiger partial charge in [-0.25, -0.2) is 9.18 Å². The zero-order valence-electron chi connectivity index (χ0n) is 9.04. The quantitative estimate of drug-likeness (QED) is 0.614. The molecule has 0 aliphatic heterocycles. The first-order valence-corrected chi connectivity index (χ1v) is 4.79. The second-order valence-corrected chi connectivity index (χ2v) is 3.14. The summed E-state index contributed by atoms with van der Waals surface area (Å²) in [6.45, 7) is 3.32. The van der Waals surface area contributed by atoms with Crippen LogP contribution in [0.1, 0.15) is 12.5 Å². The molecule has 0 aliphatic rings. The first-order valence-electron chi connectivity index (χ1n) is 4.79. The van der Waals surface area contributed by atoms with E-state index >= 15 is 0 Å². The minimum atomic E-state index is -0.983. The summed E-state index contributed by atoms with van der Waals surface area (Å²) in [6.07, 6.45) is 0. The van der Waals surface area contributed by atoms with E-state index in [4.69, 9.17) is 0 Å². The van der Waals surface area contributed by atoms with Crippen LogP contribution in [-0.2, 0) is 14.3 Å². The predicted molar refractivity (Wildman–Crippen MR) is 56.4 cm³/mol. The highest BCUT2D eigenvalue weighted by molar-refractivity contribution is 6.37. The Morgan fingerprint density at radius 1 is 1.44 bits per heavy atom. The Labute approximate surface area is 92.4 Å². The highest BCUT2D eigenvalue weighted by atomic mass is 19.1. The molecule has 16 heavy (non-hydrogen) atoms. The number of amides is 1. The van der Waals surface area contributed by atoms with E-state index in [-0.39, 0.29) is 12.3 Å². The second-order valence-electron chi connectivity index (χ2n) is 3.14. The Bertz CT molecular complexity index is 418. The molecule has 0 spiro atoms. The summed E-state index contributed by atoms with van der Waals surface area (Å²) in [6, 6.07) is 4.16. The smallest absolute Gasteiger partial charge is 0.397 e. The van der Waals surface area contributed by atoms with Crippen LogP contribution in [0.2, 0.25) is 0 Å². The summed E-state index contributed by atoms with van der Waals surface area (Å²) in [5.74, 6) is -2.34. The lowest BCUT2D eigenvalue weighted by Crippen LogP contribution is -2.25. The fourth-order valence-electron chi connectivity index (χ4n) is 1.05. The number of ether oxygens (including phenoxy) is 1. The third-order valence-corrected chi connectivity index (χ3v) is 1.89. The van der Waals surface area contributed by atoms with Crippen molar-refractivity contribution in [1.29, 1.82) is 0 Å². The highest BCUT2D eigenvalue weighted by Gasteiger charge is 2.14. The molecule has 0 fully saturated rings. The lowest BCUT2D eigenvalue weighted by atomic mass is 10.2. The molecule has 0 heterocycles. The van der Waals surface area contributed by atoms with Crippen molar-refractivity contribution in [3.8, 4) is 0 Å². The van der Waals surface area contributed by atoms with E-state index in [1.165, 1.54) is 12.1 Å². The van der Waals surface area contributed by atoms with Gasteiger partial charge in [-0.15, -0.1) is 0 Å². The molecule has 0 radical (unpaired) electrons. The molecule has 1 N–H and O–H groups in total. The first-order chi connectivity index (χ1) is 7.54. The van der Waals surface area contributed by atoms with Crippen LogP contribution in [0.5, 0.6) is 0 Å². The maximum Gasteiger partial charge on any atom is 0.397 e. The molecule has 1 amide bonds. The number of carbonyl (C=O) groups is 2.